The van der Waals surface area contributed by atoms with E-state index in [1.807, 2.05) is 30.3 Å². The zero-order chi connectivity index (χ0) is 13.5. The largest absolute Gasteiger partial charge is 0.445 e. The smallest absolute Gasteiger partial charge is 0.407 e. The molecule has 0 aliphatic heterocycles. The van der Waals surface area contributed by atoms with Crippen molar-refractivity contribution in [2.75, 3.05) is 6.54 Å². The maximum atomic E-state index is 11.7. The molecule has 5 heteroatoms. The zero-order valence-corrected chi connectivity index (χ0v) is 12.4. The summed E-state index contributed by atoms with van der Waals surface area (Å²) in [7, 11) is 0. The second kappa shape index (κ2) is 8.82. The molecule has 1 amide bonds. The van der Waals surface area contributed by atoms with E-state index >= 15 is 0 Å². The van der Waals surface area contributed by atoms with Gasteiger partial charge in [0, 0.05) is 6.04 Å². The number of halogens is 1. The summed E-state index contributed by atoms with van der Waals surface area (Å²) in [6.45, 7) is 1.08. The summed E-state index contributed by atoms with van der Waals surface area (Å²) in [4.78, 5) is 11.7. The third-order valence-corrected chi connectivity index (χ3v) is 3.71. The number of hydrogen-bond acceptors (Lipinski definition) is 3. The van der Waals surface area contributed by atoms with Crippen LogP contribution in [0.4, 0.5) is 4.79 Å². The summed E-state index contributed by atoms with van der Waals surface area (Å²) in [6, 6.07) is 9.94. The summed E-state index contributed by atoms with van der Waals surface area (Å²) >= 11 is 0. The number of rotatable bonds is 4. The van der Waals surface area contributed by atoms with Crippen LogP contribution in [0, 0.1) is 5.92 Å². The summed E-state index contributed by atoms with van der Waals surface area (Å²) in [5.41, 5.74) is 6.65. The lowest BCUT2D eigenvalue weighted by Gasteiger charge is -2.27. The summed E-state index contributed by atoms with van der Waals surface area (Å²) in [5, 5.41) is 2.93. The number of carbonyl (C=O) groups excluding carboxylic acids is 1. The van der Waals surface area contributed by atoms with Crippen LogP contribution in [0.1, 0.15) is 31.2 Å². The maximum Gasteiger partial charge on any atom is 0.407 e. The predicted octanol–water partition coefficient (Wildman–Crippen LogP) is 2.85. The van der Waals surface area contributed by atoms with Gasteiger partial charge in [-0.1, -0.05) is 30.3 Å². The van der Waals surface area contributed by atoms with Crippen LogP contribution in [0.2, 0.25) is 0 Å². The van der Waals surface area contributed by atoms with Gasteiger partial charge in [-0.2, -0.15) is 0 Å². The van der Waals surface area contributed by atoms with E-state index in [4.69, 9.17) is 10.5 Å². The van der Waals surface area contributed by atoms with Gasteiger partial charge >= 0.3 is 6.09 Å². The molecule has 0 heterocycles. The van der Waals surface area contributed by atoms with Crippen LogP contribution in [0.25, 0.3) is 0 Å². The quantitative estimate of drug-likeness (QED) is 0.898. The van der Waals surface area contributed by atoms with Crippen molar-refractivity contribution >= 4 is 18.5 Å². The van der Waals surface area contributed by atoms with Crippen molar-refractivity contribution in [3.8, 4) is 0 Å². The Balaban J connectivity index is 0.00000200. The van der Waals surface area contributed by atoms with E-state index in [0.29, 0.717) is 12.5 Å². The molecule has 0 spiro atoms. The van der Waals surface area contributed by atoms with Gasteiger partial charge < -0.3 is 15.8 Å². The van der Waals surface area contributed by atoms with E-state index in [1.54, 1.807) is 0 Å². The average molecular weight is 299 g/mol. The topological polar surface area (TPSA) is 64.3 Å². The standard InChI is InChI=1S/C15H22N2O2.ClH/c16-10-12-6-8-14(9-7-12)17-15(18)19-11-13-4-2-1-3-5-13;/h1-5,12,14H,6-11,16H2,(H,17,18);1H. The van der Waals surface area contributed by atoms with E-state index < -0.39 is 0 Å². The molecule has 112 valence electrons. The molecule has 4 nitrogen and oxygen atoms in total. The Labute approximate surface area is 126 Å². The van der Waals surface area contributed by atoms with Gasteiger partial charge in [-0.3, -0.25) is 0 Å². The van der Waals surface area contributed by atoms with Crippen LogP contribution >= 0.6 is 12.4 Å². The Morgan fingerprint density at radius 3 is 2.45 bits per heavy atom. The van der Waals surface area contributed by atoms with Gasteiger partial charge in [0.25, 0.3) is 0 Å². The SMILES string of the molecule is Cl.NCC1CCC(NC(=O)OCc2ccccc2)CC1. The lowest BCUT2D eigenvalue weighted by Crippen LogP contribution is -2.38. The fourth-order valence-corrected chi connectivity index (χ4v) is 2.47. The summed E-state index contributed by atoms with van der Waals surface area (Å²) in [5.74, 6) is 0.624. The molecule has 0 atom stereocenters. The van der Waals surface area contributed by atoms with E-state index in [9.17, 15) is 4.79 Å². The number of carbonyl (C=O) groups is 1. The Kier molecular flexibility index (Phi) is 7.41. The molecule has 0 saturated heterocycles. The second-order valence-corrected chi connectivity index (χ2v) is 5.16. The van der Waals surface area contributed by atoms with Crippen LogP contribution in [0.5, 0.6) is 0 Å². The van der Waals surface area contributed by atoms with Gasteiger partial charge in [-0.05, 0) is 43.7 Å². The number of hydrogen-bond donors (Lipinski definition) is 2. The molecule has 1 fully saturated rings. The molecule has 0 radical (unpaired) electrons. The molecule has 2 rings (SSSR count). The molecule has 1 saturated carbocycles. The Morgan fingerprint density at radius 2 is 1.85 bits per heavy atom. The third kappa shape index (κ3) is 5.39. The van der Waals surface area contributed by atoms with Crippen LogP contribution < -0.4 is 11.1 Å². The minimum atomic E-state index is -0.319. The summed E-state index contributed by atoms with van der Waals surface area (Å²) < 4.78 is 5.21. The minimum Gasteiger partial charge on any atom is -0.445 e. The Morgan fingerprint density at radius 1 is 1.20 bits per heavy atom. The predicted molar refractivity (Wildman–Crippen MR) is 81.8 cm³/mol. The first-order valence-electron chi connectivity index (χ1n) is 6.95. The van der Waals surface area contributed by atoms with Crippen LogP contribution in [0.3, 0.4) is 0 Å². The molecule has 0 aromatic heterocycles. The number of alkyl carbamates (subject to hydrolysis) is 1. The van der Waals surface area contributed by atoms with Gasteiger partial charge in [0.2, 0.25) is 0 Å². The first kappa shape index (κ1) is 16.8. The number of nitrogens with two attached hydrogens (primary N) is 1. The van der Waals surface area contributed by atoms with Crippen molar-refractivity contribution in [1.29, 1.82) is 0 Å². The van der Waals surface area contributed by atoms with Crippen molar-refractivity contribution in [2.45, 2.75) is 38.3 Å². The Hall–Kier alpha value is -1.26. The molecule has 1 aliphatic carbocycles. The second-order valence-electron chi connectivity index (χ2n) is 5.16. The highest BCUT2D eigenvalue weighted by Gasteiger charge is 2.21. The van der Waals surface area contributed by atoms with Crippen molar-refractivity contribution in [3.05, 3.63) is 35.9 Å². The molecule has 1 aromatic carbocycles. The molecule has 0 unspecified atom stereocenters. The van der Waals surface area contributed by atoms with Crippen molar-refractivity contribution in [1.82, 2.24) is 5.32 Å². The van der Waals surface area contributed by atoms with E-state index in [0.717, 1.165) is 37.8 Å². The monoisotopic (exact) mass is 298 g/mol. The van der Waals surface area contributed by atoms with Crippen molar-refractivity contribution in [3.63, 3.8) is 0 Å². The molecule has 3 N–H and O–H groups in total. The normalized spacial score (nSPS) is 21.6. The highest BCUT2D eigenvalue weighted by Crippen LogP contribution is 2.23. The number of nitrogens with one attached hydrogen (secondary N) is 1. The minimum absolute atomic E-state index is 0. The van der Waals surface area contributed by atoms with Crippen LogP contribution in [-0.2, 0) is 11.3 Å². The molecule has 1 aliphatic rings. The molecular weight excluding hydrogens is 276 g/mol. The highest BCUT2D eigenvalue weighted by molar-refractivity contribution is 5.85. The average Bonchev–Trinajstić information content (AvgIpc) is 2.47. The van der Waals surface area contributed by atoms with Gasteiger partial charge in [0.1, 0.15) is 6.61 Å². The fraction of sp³-hybridized carbons (Fsp3) is 0.533. The molecular formula is C15H23ClN2O2. The van der Waals surface area contributed by atoms with Gasteiger partial charge in [-0.25, -0.2) is 4.79 Å². The lowest BCUT2D eigenvalue weighted by atomic mass is 9.86. The number of ether oxygens (including phenoxy) is 1. The van der Waals surface area contributed by atoms with Crippen LogP contribution in [-0.4, -0.2) is 18.7 Å². The zero-order valence-electron chi connectivity index (χ0n) is 11.6. The van der Waals surface area contributed by atoms with Gasteiger partial charge in [0.15, 0.2) is 0 Å². The number of amides is 1. The van der Waals surface area contributed by atoms with Crippen molar-refractivity contribution in [2.24, 2.45) is 11.7 Å². The highest BCUT2D eigenvalue weighted by atomic mass is 35.5. The van der Waals surface area contributed by atoms with E-state index in [1.165, 1.54) is 0 Å². The van der Waals surface area contributed by atoms with Crippen LogP contribution in [0.15, 0.2) is 30.3 Å². The maximum absolute atomic E-state index is 11.7. The van der Waals surface area contributed by atoms with Gasteiger partial charge in [0.05, 0.1) is 0 Å². The molecule has 20 heavy (non-hydrogen) atoms. The van der Waals surface area contributed by atoms with Gasteiger partial charge in [-0.15, -0.1) is 12.4 Å². The molecule has 1 aromatic rings. The molecule has 0 bridgehead atoms. The van der Waals surface area contributed by atoms with Crippen molar-refractivity contribution < 1.29 is 9.53 Å². The fourth-order valence-electron chi connectivity index (χ4n) is 2.47. The van der Waals surface area contributed by atoms with E-state index in [2.05, 4.69) is 5.32 Å². The lowest BCUT2D eigenvalue weighted by molar-refractivity contribution is 0.131. The third-order valence-electron chi connectivity index (χ3n) is 3.71. The summed E-state index contributed by atoms with van der Waals surface area (Å²) in [6.07, 6.45) is 3.88. The Bertz CT molecular complexity index is 392. The van der Waals surface area contributed by atoms with E-state index in [-0.39, 0.29) is 24.5 Å². The first-order chi connectivity index (χ1) is 9.28. The number of benzene rings is 1. The first-order valence-corrected chi connectivity index (χ1v) is 6.95.